The first kappa shape index (κ1) is 13.7. The summed E-state index contributed by atoms with van der Waals surface area (Å²) in [6.07, 6.45) is 3.60. The van der Waals surface area contributed by atoms with Gasteiger partial charge in [0, 0.05) is 18.3 Å². The van der Waals surface area contributed by atoms with Gasteiger partial charge in [-0.1, -0.05) is 6.92 Å². The van der Waals surface area contributed by atoms with Gasteiger partial charge in [0.15, 0.2) is 0 Å². The van der Waals surface area contributed by atoms with Crippen molar-refractivity contribution in [2.24, 2.45) is 0 Å². The van der Waals surface area contributed by atoms with E-state index in [1.165, 1.54) is 6.07 Å². The van der Waals surface area contributed by atoms with E-state index in [9.17, 15) is 8.42 Å². The molecule has 110 valence electrons. The van der Waals surface area contributed by atoms with Crippen LogP contribution in [-0.4, -0.2) is 31.9 Å². The number of nitrogen functional groups attached to an aromatic ring is 1. The highest BCUT2D eigenvalue weighted by molar-refractivity contribution is 7.89. The van der Waals surface area contributed by atoms with Gasteiger partial charge in [-0.3, -0.25) is 0 Å². The van der Waals surface area contributed by atoms with Crippen LogP contribution in [-0.2, 0) is 16.4 Å². The Morgan fingerprint density at radius 3 is 2.80 bits per heavy atom. The van der Waals surface area contributed by atoms with Gasteiger partial charge in [-0.25, -0.2) is 8.42 Å². The summed E-state index contributed by atoms with van der Waals surface area (Å²) in [7, 11) is -3.52. The number of nitrogens with two attached hydrogens (primary N) is 1. The van der Waals surface area contributed by atoms with Gasteiger partial charge in [0.25, 0.3) is 0 Å². The van der Waals surface area contributed by atoms with E-state index in [0.717, 1.165) is 31.2 Å². The molecule has 0 aromatic heterocycles. The fraction of sp³-hybridized carbons (Fsp3) is 0.571. The minimum atomic E-state index is -3.52. The van der Waals surface area contributed by atoms with Gasteiger partial charge < -0.3 is 10.5 Å². The quantitative estimate of drug-likeness (QED) is 0.859. The molecule has 0 atom stereocenters. The molecule has 0 bridgehead atoms. The molecule has 1 heterocycles. The van der Waals surface area contributed by atoms with Crippen LogP contribution in [0.15, 0.2) is 17.0 Å². The van der Waals surface area contributed by atoms with Crippen LogP contribution < -0.4 is 10.5 Å². The summed E-state index contributed by atoms with van der Waals surface area (Å²) in [5.74, 6) is 0.504. The second-order valence-electron chi connectivity index (χ2n) is 5.40. The van der Waals surface area contributed by atoms with Crippen molar-refractivity contribution in [2.75, 3.05) is 18.9 Å². The fourth-order valence-corrected chi connectivity index (χ4v) is 4.68. The van der Waals surface area contributed by atoms with Gasteiger partial charge >= 0.3 is 0 Å². The number of rotatable bonds is 4. The molecule has 1 aromatic carbocycles. The van der Waals surface area contributed by atoms with E-state index in [2.05, 4.69) is 0 Å². The third kappa shape index (κ3) is 2.27. The van der Waals surface area contributed by atoms with Gasteiger partial charge in [-0.15, -0.1) is 0 Å². The second-order valence-corrected chi connectivity index (χ2v) is 7.26. The lowest BCUT2D eigenvalue weighted by Crippen LogP contribution is -2.33. The van der Waals surface area contributed by atoms with Crippen LogP contribution in [0, 0.1) is 0 Å². The predicted molar refractivity (Wildman–Crippen MR) is 77.3 cm³/mol. The third-order valence-corrected chi connectivity index (χ3v) is 5.88. The lowest BCUT2D eigenvalue weighted by molar-refractivity contribution is 0.279. The number of nitrogens with zero attached hydrogens (tertiary/aromatic N) is 1. The van der Waals surface area contributed by atoms with Crippen LogP contribution >= 0.6 is 0 Å². The van der Waals surface area contributed by atoms with Gasteiger partial charge in [0.1, 0.15) is 10.6 Å². The van der Waals surface area contributed by atoms with Crippen molar-refractivity contribution in [1.29, 1.82) is 0 Å². The average molecular weight is 296 g/mol. The first-order valence-corrected chi connectivity index (χ1v) is 8.55. The van der Waals surface area contributed by atoms with Crippen molar-refractivity contribution in [3.05, 3.63) is 17.7 Å². The molecule has 1 fully saturated rings. The summed E-state index contributed by atoms with van der Waals surface area (Å²) in [6.45, 7) is 2.92. The minimum Gasteiger partial charge on any atom is -0.492 e. The molecule has 0 amide bonds. The Balaban J connectivity index is 2.10. The van der Waals surface area contributed by atoms with Crippen LogP contribution in [0.3, 0.4) is 0 Å². The van der Waals surface area contributed by atoms with Gasteiger partial charge in [-0.2, -0.15) is 4.31 Å². The monoisotopic (exact) mass is 296 g/mol. The number of anilines is 1. The number of aryl methyl sites for hydroxylation is 1. The molecule has 5 nitrogen and oxygen atoms in total. The summed E-state index contributed by atoms with van der Waals surface area (Å²) < 4.78 is 32.9. The zero-order valence-electron chi connectivity index (χ0n) is 11.6. The number of benzene rings is 1. The summed E-state index contributed by atoms with van der Waals surface area (Å²) in [6, 6.07) is 3.50. The Morgan fingerprint density at radius 2 is 2.15 bits per heavy atom. The topological polar surface area (TPSA) is 72.6 Å². The highest BCUT2D eigenvalue weighted by Crippen LogP contribution is 2.39. The van der Waals surface area contributed by atoms with E-state index in [-0.39, 0.29) is 10.9 Å². The maximum atomic E-state index is 12.9. The van der Waals surface area contributed by atoms with Crippen molar-refractivity contribution in [1.82, 2.24) is 4.31 Å². The molecular weight excluding hydrogens is 276 g/mol. The largest absolute Gasteiger partial charge is 0.492 e. The predicted octanol–water partition coefficient (Wildman–Crippen LogP) is 1.77. The molecule has 1 aliphatic carbocycles. The molecular formula is C14H20N2O3S. The first-order chi connectivity index (χ1) is 9.54. The summed E-state index contributed by atoms with van der Waals surface area (Å²) in [5.41, 5.74) is 7.26. The lowest BCUT2D eigenvalue weighted by Gasteiger charge is -2.25. The smallest absolute Gasteiger partial charge is 0.247 e. The highest BCUT2D eigenvalue weighted by atomic mass is 32.2. The summed E-state index contributed by atoms with van der Waals surface area (Å²) >= 11 is 0. The number of hydrogen-bond acceptors (Lipinski definition) is 4. The molecule has 0 radical (unpaired) electrons. The zero-order valence-corrected chi connectivity index (χ0v) is 12.4. The first-order valence-electron chi connectivity index (χ1n) is 7.11. The van der Waals surface area contributed by atoms with E-state index in [1.807, 2.05) is 13.0 Å². The van der Waals surface area contributed by atoms with Crippen molar-refractivity contribution in [3.8, 4) is 5.75 Å². The molecule has 0 spiro atoms. The summed E-state index contributed by atoms with van der Waals surface area (Å²) in [5, 5.41) is 0. The van der Waals surface area contributed by atoms with Crippen molar-refractivity contribution < 1.29 is 13.2 Å². The van der Waals surface area contributed by atoms with Crippen LogP contribution in [0.2, 0.25) is 0 Å². The Bertz CT molecular complexity index is 624. The molecule has 1 aromatic rings. The maximum Gasteiger partial charge on any atom is 0.247 e. The van der Waals surface area contributed by atoms with Gasteiger partial charge in [0.2, 0.25) is 10.0 Å². The lowest BCUT2D eigenvalue weighted by atomic mass is 10.1. The third-order valence-electron chi connectivity index (χ3n) is 3.84. The molecule has 1 aliphatic heterocycles. The molecule has 1 saturated carbocycles. The Hall–Kier alpha value is -1.27. The number of fused-ring (bicyclic) bond motifs is 1. The number of hydrogen-bond donors (Lipinski definition) is 1. The Labute approximate surface area is 119 Å². The molecule has 3 rings (SSSR count). The van der Waals surface area contributed by atoms with E-state index < -0.39 is 10.0 Å². The standard InChI is InChI=1S/C14H20N2O3S/c1-2-16(12-5-6-12)20(17,18)13-9-11(15)8-10-4-3-7-19-14(10)13/h8-9,12H,2-7,15H2,1H3. The molecule has 2 aliphatic rings. The van der Waals surface area contributed by atoms with Gasteiger partial charge in [0.05, 0.1) is 6.61 Å². The maximum absolute atomic E-state index is 12.9. The van der Waals surface area contributed by atoms with Crippen molar-refractivity contribution in [3.63, 3.8) is 0 Å². The van der Waals surface area contributed by atoms with E-state index >= 15 is 0 Å². The number of ether oxygens (including phenoxy) is 1. The Morgan fingerprint density at radius 1 is 1.40 bits per heavy atom. The van der Waals surface area contributed by atoms with E-state index in [4.69, 9.17) is 10.5 Å². The molecule has 0 saturated heterocycles. The second kappa shape index (κ2) is 4.93. The fourth-order valence-electron chi connectivity index (χ4n) is 2.77. The summed E-state index contributed by atoms with van der Waals surface area (Å²) in [4.78, 5) is 0.237. The SMILES string of the molecule is CCN(C1CC1)S(=O)(=O)c1cc(N)cc2c1OCCC2. The van der Waals surface area contributed by atoms with Gasteiger partial charge in [-0.05, 0) is 43.4 Å². The van der Waals surface area contributed by atoms with E-state index in [0.29, 0.717) is 24.6 Å². The highest BCUT2D eigenvalue weighted by Gasteiger charge is 2.39. The Kier molecular flexibility index (Phi) is 3.38. The molecule has 20 heavy (non-hydrogen) atoms. The van der Waals surface area contributed by atoms with E-state index in [1.54, 1.807) is 4.31 Å². The molecule has 6 heteroatoms. The normalized spacial score (nSPS) is 18.7. The minimum absolute atomic E-state index is 0.144. The molecule has 0 unspecified atom stereocenters. The van der Waals surface area contributed by atoms with Crippen LogP contribution in [0.1, 0.15) is 31.7 Å². The van der Waals surface area contributed by atoms with Crippen LogP contribution in [0.4, 0.5) is 5.69 Å². The zero-order chi connectivity index (χ0) is 14.3. The van der Waals surface area contributed by atoms with Crippen LogP contribution in [0.25, 0.3) is 0 Å². The van der Waals surface area contributed by atoms with Crippen LogP contribution in [0.5, 0.6) is 5.75 Å². The number of sulfonamides is 1. The van der Waals surface area contributed by atoms with Crippen molar-refractivity contribution in [2.45, 2.75) is 43.5 Å². The average Bonchev–Trinajstić information content (AvgIpc) is 3.22. The molecule has 2 N–H and O–H groups in total. The van der Waals surface area contributed by atoms with Crippen molar-refractivity contribution >= 4 is 15.7 Å².